The monoisotopic (exact) mass is 506 g/mol. The number of aromatic amines is 2. The molecule has 4 aromatic heterocycles. The van der Waals surface area contributed by atoms with Crippen molar-refractivity contribution in [3.05, 3.63) is 90.3 Å². The van der Waals surface area contributed by atoms with Crippen LogP contribution < -0.4 is 10.6 Å². The fourth-order valence-electron chi connectivity index (χ4n) is 4.36. The minimum Gasteiger partial charge on any atom is -0.345 e. The molecule has 4 N–H and O–H groups in total. The fraction of sp³-hybridized carbons (Fsp3) is 0.107. The van der Waals surface area contributed by atoms with Gasteiger partial charge in [0.2, 0.25) is 5.91 Å². The van der Waals surface area contributed by atoms with Gasteiger partial charge in [-0.1, -0.05) is 25.1 Å². The number of imidazole rings is 1. The first kappa shape index (κ1) is 23.3. The van der Waals surface area contributed by atoms with E-state index >= 15 is 0 Å². The van der Waals surface area contributed by atoms with E-state index in [0.29, 0.717) is 46.3 Å². The zero-order valence-electron chi connectivity index (χ0n) is 20.4. The Morgan fingerprint density at radius 2 is 2.00 bits per heavy atom. The molecule has 0 unspecified atom stereocenters. The van der Waals surface area contributed by atoms with Crippen molar-refractivity contribution in [2.24, 2.45) is 0 Å². The van der Waals surface area contributed by atoms with Crippen molar-refractivity contribution < 1.29 is 9.18 Å². The van der Waals surface area contributed by atoms with Gasteiger partial charge in [-0.3, -0.25) is 14.9 Å². The van der Waals surface area contributed by atoms with E-state index in [4.69, 9.17) is 9.97 Å². The number of anilines is 2. The van der Waals surface area contributed by atoms with Crippen LogP contribution in [0.4, 0.5) is 15.9 Å². The molecular formula is C28H23FN8O. The van der Waals surface area contributed by atoms with E-state index in [0.717, 1.165) is 28.6 Å². The summed E-state index contributed by atoms with van der Waals surface area (Å²) in [5.74, 6) is 0.732. The van der Waals surface area contributed by atoms with Crippen LogP contribution in [0.15, 0.2) is 73.2 Å². The molecule has 5 aromatic rings. The number of rotatable bonds is 6. The zero-order valence-corrected chi connectivity index (χ0v) is 20.4. The summed E-state index contributed by atoms with van der Waals surface area (Å²) in [6, 6.07) is 12.0. The van der Waals surface area contributed by atoms with Gasteiger partial charge < -0.3 is 15.6 Å². The largest absolute Gasteiger partial charge is 0.345 e. The quantitative estimate of drug-likeness (QED) is 0.236. The molecule has 1 aliphatic heterocycles. The summed E-state index contributed by atoms with van der Waals surface area (Å²) >= 11 is 0. The second kappa shape index (κ2) is 9.74. The number of carbonyl (C=O) groups excluding carboxylic acids is 1. The highest BCUT2D eigenvalue weighted by atomic mass is 19.1. The number of nitrogens with zero attached hydrogens (tertiary/aromatic N) is 4. The summed E-state index contributed by atoms with van der Waals surface area (Å²) in [5.41, 5.74) is 6.17. The Morgan fingerprint density at radius 1 is 1.08 bits per heavy atom. The van der Waals surface area contributed by atoms with Crippen molar-refractivity contribution >= 4 is 34.0 Å². The van der Waals surface area contributed by atoms with Gasteiger partial charge in [-0.15, -0.1) is 0 Å². The Balaban J connectivity index is 1.38. The van der Waals surface area contributed by atoms with E-state index < -0.39 is 0 Å². The smallest absolute Gasteiger partial charge is 0.224 e. The molecule has 0 radical (unpaired) electrons. The van der Waals surface area contributed by atoms with Crippen molar-refractivity contribution in [3.63, 3.8) is 0 Å². The van der Waals surface area contributed by atoms with Gasteiger partial charge >= 0.3 is 0 Å². The zero-order chi connectivity index (χ0) is 26.1. The molecule has 9 nitrogen and oxygen atoms in total. The Hall–Kier alpha value is -5.12. The molecule has 5 heterocycles. The second-order valence-corrected chi connectivity index (χ2v) is 8.83. The summed E-state index contributed by atoms with van der Waals surface area (Å²) in [6.07, 6.45) is 10.0. The number of allylic oxidation sites excluding steroid dienone is 2. The molecule has 0 bridgehead atoms. The number of fused-ring (bicyclic) bond motifs is 2. The van der Waals surface area contributed by atoms with Gasteiger partial charge in [-0.25, -0.2) is 14.4 Å². The van der Waals surface area contributed by atoms with Crippen LogP contribution in [0.3, 0.4) is 0 Å². The van der Waals surface area contributed by atoms with Gasteiger partial charge in [0.05, 0.1) is 28.8 Å². The van der Waals surface area contributed by atoms with Crippen LogP contribution in [0.25, 0.3) is 39.4 Å². The maximum atomic E-state index is 14.0. The first-order valence-corrected chi connectivity index (χ1v) is 12.2. The minimum atomic E-state index is -0.315. The predicted molar refractivity (Wildman–Crippen MR) is 144 cm³/mol. The number of hydrogen-bond acceptors (Lipinski definition) is 6. The molecule has 0 atom stereocenters. The minimum absolute atomic E-state index is 0.0558. The van der Waals surface area contributed by atoms with Crippen LogP contribution in [-0.2, 0) is 4.79 Å². The molecular weight excluding hydrogens is 483 g/mol. The number of H-pyrrole nitrogens is 2. The summed E-state index contributed by atoms with van der Waals surface area (Å²) in [7, 11) is 0. The number of aromatic nitrogens is 6. The molecule has 0 aliphatic carbocycles. The highest BCUT2D eigenvalue weighted by molar-refractivity contribution is 5.93. The molecule has 1 aromatic carbocycles. The van der Waals surface area contributed by atoms with Gasteiger partial charge in [-0.05, 0) is 48.4 Å². The van der Waals surface area contributed by atoms with E-state index in [2.05, 4.69) is 30.8 Å². The van der Waals surface area contributed by atoms with Gasteiger partial charge in [-0.2, -0.15) is 5.10 Å². The molecule has 0 saturated carbocycles. The molecule has 6 rings (SSSR count). The van der Waals surface area contributed by atoms with E-state index in [1.165, 1.54) is 12.1 Å². The first-order chi connectivity index (χ1) is 18.6. The molecule has 38 heavy (non-hydrogen) atoms. The van der Waals surface area contributed by atoms with Crippen LogP contribution in [0.2, 0.25) is 0 Å². The van der Waals surface area contributed by atoms with Gasteiger partial charge in [0.15, 0.2) is 17.3 Å². The molecule has 188 valence electrons. The first-order valence-electron chi connectivity index (χ1n) is 12.2. The fourth-order valence-corrected chi connectivity index (χ4v) is 4.36. The van der Waals surface area contributed by atoms with Crippen LogP contribution >= 0.6 is 0 Å². The lowest BCUT2D eigenvalue weighted by Crippen LogP contribution is -2.10. The lowest BCUT2D eigenvalue weighted by Gasteiger charge is -2.07. The summed E-state index contributed by atoms with van der Waals surface area (Å²) in [5, 5.41) is 13.5. The molecule has 1 aliphatic rings. The number of benzene rings is 1. The maximum absolute atomic E-state index is 14.0. The van der Waals surface area contributed by atoms with Crippen molar-refractivity contribution in [2.75, 3.05) is 10.6 Å². The molecule has 0 fully saturated rings. The highest BCUT2D eigenvalue weighted by Gasteiger charge is 2.21. The van der Waals surface area contributed by atoms with Crippen LogP contribution in [0.5, 0.6) is 0 Å². The van der Waals surface area contributed by atoms with E-state index in [-0.39, 0.29) is 11.7 Å². The summed E-state index contributed by atoms with van der Waals surface area (Å²) < 4.78 is 14.0. The SMILES string of the molecule is CCCC(=O)Nc1cncc(-c2ccc3[nH]nc(-c4nc5c([nH]4)C(c4cccc(F)c4)=CC=CN5)c3n2)c1. The van der Waals surface area contributed by atoms with Gasteiger partial charge in [0.1, 0.15) is 11.3 Å². The Labute approximate surface area is 217 Å². The maximum Gasteiger partial charge on any atom is 0.224 e. The summed E-state index contributed by atoms with van der Waals surface area (Å²) in [4.78, 5) is 29.2. The second-order valence-electron chi connectivity index (χ2n) is 8.83. The third kappa shape index (κ3) is 4.43. The normalized spacial score (nSPS) is 12.5. The van der Waals surface area contributed by atoms with E-state index in [1.807, 2.05) is 43.3 Å². The Morgan fingerprint density at radius 3 is 2.87 bits per heavy atom. The molecule has 10 heteroatoms. The molecule has 0 spiro atoms. The van der Waals surface area contributed by atoms with Crippen LogP contribution in [0, 0.1) is 5.82 Å². The number of carbonyl (C=O) groups is 1. The topological polar surface area (TPSA) is 124 Å². The molecule has 0 saturated heterocycles. The standard InChI is InChI=1S/C28H23FN8O/c1-2-5-23(38)32-19-13-17(14-30-15-19)21-9-10-22-25(33-21)26(37-36-22)28-34-24-20(8-4-11-31-27(24)35-28)16-6-3-7-18(29)12-16/h3-4,6-15,31H,2,5H2,1H3,(H,32,38)(H,34,35)(H,36,37). The van der Waals surface area contributed by atoms with Crippen LogP contribution in [0.1, 0.15) is 31.0 Å². The van der Waals surface area contributed by atoms with Gasteiger partial charge in [0.25, 0.3) is 0 Å². The Kier molecular flexibility index (Phi) is 5.97. The number of amides is 1. The number of pyridine rings is 2. The lowest BCUT2D eigenvalue weighted by molar-refractivity contribution is -0.116. The highest BCUT2D eigenvalue weighted by Crippen LogP contribution is 2.34. The summed E-state index contributed by atoms with van der Waals surface area (Å²) in [6.45, 7) is 1.96. The van der Waals surface area contributed by atoms with Crippen molar-refractivity contribution in [3.8, 4) is 22.8 Å². The average molecular weight is 507 g/mol. The number of halogens is 1. The number of hydrogen-bond donors (Lipinski definition) is 4. The van der Waals surface area contributed by atoms with Crippen molar-refractivity contribution in [2.45, 2.75) is 19.8 Å². The number of nitrogens with one attached hydrogen (secondary N) is 4. The lowest BCUT2D eigenvalue weighted by atomic mass is 10.0. The average Bonchev–Trinajstić information content (AvgIpc) is 3.47. The third-order valence-corrected chi connectivity index (χ3v) is 6.11. The third-order valence-electron chi connectivity index (χ3n) is 6.11. The van der Waals surface area contributed by atoms with Crippen LogP contribution in [-0.4, -0.2) is 36.0 Å². The molecule has 1 amide bonds. The Bertz CT molecular complexity index is 1730. The van der Waals surface area contributed by atoms with Crippen molar-refractivity contribution in [1.82, 2.24) is 30.1 Å². The van der Waals surface area contributed by atoms with Crippen molar-refractivity contribution in [1.29, 1.82) is 0 Å². The van der Waals surface area contributed by atoms with E-state index in [1.54, 1.807) is 24.7 Å². The predicted octanol–water partition coefficient (Wildman–Crippen LogP) is 5.66. The van der Waals surface area contributed by atoms with Gasteiger partial charge in [0, 0.05) is 30.0 Å². The van der Waals surface area contributed by atoms with E-state index in [9.17, 15) is 9.18 Å².